The minimum atomic E-state index is 0.267. The molecule has 1 atom stereocenters. The second-order valence-corrected chi connectivity index (χ2v) is 4.70. The summed E-state index contributed by atoms with van der Waals surface area (Å²) in [5.41, 5.74) is 1.06. The molecular weight excluding hydrogens is 250 g/mol. The van der Waals surface area contributed by atoms with Crippen LogP contribution in [0.25, 0.3) is 0 Å². The molecule has 1 unspecified atom stereocenters. The Kier molecular flexibility index (Phi) is 5.77. The fourth-order valence-electron chi connectivity index (χ4n) is 2.39. The first-order chi connectivity index (χ1) is 9.85. The molecule has 0 bridgehead atoms. The number of furan rings is 1. The summed E-state index contributed by atoms with van der Waals surface area (Å²) in [7, 11) is 0. The molecule has 4 heteroatoms. The Labute approximate surface area is 120 Å². The maximum atomic E-state index is 5.59. The molecule has 0 fully saturated rings. The monoisotopic (exact) mass is 273 g/mol. The number of pyridine rings is 1. The molecule has 0 amide bonds. The van der Waals surface area contributed by atoms with Crippen LogP contribution in [0.3, 0.4) is 0 Å². The summed E-state index contributed by atoms with van der Waals surface area (Å²) in [5, 5.41) is 3.47. The Morgan fingerprint density at radius 1 is 1.20 bits per heavy atom. The van der Waals surface area contributed by atoms with Crippen LogP contribution in [-0.4, -0.2) is 29.5 Å². The van der Waals surface area contributed by atoms with Crippen LogP contribution in [0.1, 0.15) is 31.3 Å². The lowest BCUT2D eigenvalue weighted by atomic mass is 10.2. The van der Waals surface area contributed by atoms with Gasteiger partial charge in [-0.15, -0.1) is 0 Å². The number of likely N-dealkylation sites (N-methyl/N-ethyl adjacent to an activating group) is 1. The first-order valence-corrected chi connectivity index (χ1v) is 7.23. The highest BCUT2D eigenvalue weighted by atomic mass is 16.3. The maximum Gasteiger partial charge on any atom is 0.122 e. The summed E-state index contributed by atoms with van der Waals surface area (Å²) < 4.78 is 5.59. The molecule has 0 spiro atoms. The second-order valence-electron chi connectivity index (χ2n) is 4.70. The molecule has 1 N–H and O–H groups in total. The molecule has 2 aromatic heterocycles. The van der Waals surface area contributed by atoms with E-state index < -0.39 is 0 Å². The van der Waals surface area contributed by atoms with E-state index in [4.69, 9.17) is 4.42 Å². The van der Waals surface area contributed by atoms with Crippen LogP contribution < -0.4 is 5.32 Å². The third-order valence-corrected chi connectivity index (χ3v) is 3.49. The van der Waals surface area contributed by atoms with E-state index in [9.17, 15) is 0 Å². The predicted molar refractivity (Wildman–Crippen MR) is 80.3 cm³/mol. The first kappa shape index (κ1) is 14.8. The molecule has 20 heavy (non-hydrogen) atoms. The third-order valence-electron chi connectivity index (χ3n) is 3.49. The number of rotatable bonds is 8. The zero-order chi connectivity index (χ0) is 14.2. The van der Waals surface area contributed by atoms with Gasteiger partial charge in [-0.05, 0) is 37.4 Å². The lowest BCUT2D eigenvalue weighted by Crippen LogP contribution is -2.35. The summed E-state index contributed by atoms with van der Waals surface area (Å²) in [6.45, 7) is 8.00. The van der Waals surface area contributed by atoms with Crippen LogP contribution in [0.15, 0.2) is 47.2 Å². The molecule has 2 heterocycles. The molecule has 0 saturated carbocycles. The zero-order valence-corrected chi connectivity index (χ0v) is 12.2. The van der Waals surface area contributed by atoms with Gasteiger partial charge in [-0.2, -0.15) is 0 Å². The van der Waals surface area contributed by atoms with E-state index in [-0.39, 0.29) is 6.04 Å². The highest BCUT2D eigenvalue weighted by Crippen LogP contribution is 2.20. The van der Waals surface area contributed by atoms with Gasteiger partial charge in [0.05, 0.1) is 18.0 Å². The van der Waals surface area contributed by atoms with Crippen LogP contribution in [-0.2, 0) is 6.54 Å². The Bertz CT molecular complexity index is 466. The Balaban J connectivity index is 1.94. The van der Waals surface area contributed by atoms with E-state index in [1.807, 2.05) is 36.5 Å². The molecule has 0 aliphatic rings. The van der Waals surface area contributed by atoms with Crippen molar-refractivity contribution in [2.75, 3.05) is 19.6 Å². The number of hydrogen-bond acceptors (Lipinski definition) is 4. The average Bonchev–Trinajstić information content (AvgIpc) is 3.02. The minimum absolute atomic E-state index is 0.267. The van der Waals surface area contributed by atoms with Crippen molar-refractivity contribution in [2.45, 2.75) is 26.4 Å². The predicted octanol–water partition coefficient (Wildman–Crippen LogP) is 2.85. The largest absolute Gasteiger partial charge is 0.468 e. The van der Waals surface area contributed by atoms with Crippen molar-refractivity contribution in [1.29, 1.82) is 0 Å². The van der Waals surface area contributed by atoms with Gasteiger partial charge in [-0.3, -0.25) is 9.88 Å². The van der Waals surface area contributed by atoms with Gasteiger partial charge in [0.25, 0.3) is 0 Å². The lowest BCUT2D eigenvalue weighted by Gasteiger charge is -2.28. The van der Waals surface area contributed by atoms with E-state index in [0.29, 0.717) is 0 Å². The van der Waals surface area contributed by atoms with Crippen molar-refractivity contribution in [3.05, 3.63) is 54.2 Å². The summed E-state index contributed by atoms with van der Waals surface area (Å²) in [5.74, 6) is 1.02. The van der Waals surface area contributed by atoms with Crippen LogP contribution in [0, 0.1) is 0 Å². The zero-order valence-electron chi connectivity index (χ0n) is 12.2. The molecule has 2 rings (SSSR count). The van der Waals surface area contributed by atoms with Gasteiger partial charge in [0.15, 0.2) is 0 Å². The van der Waals surface area contributed by atoms with Gasteiger partial charge in [-0.1, -0.05) is 19.9 Å². The summed E-state index contributed by atoms with van der Waals surface area (Å²) in [6, 6.07) is 10.2. The number of nitrogens with one attached hydrogen (secondary N) is 1. The average molecular weight is 273 g/mol. The fraction of sp³-hybridized carbons (Fsp3) is 0.438. The minimum Gasteiger partial charge on any atom is -0.468 e. The van der Waals surface area contributed by atoms with Crippen LogP contribution in [0.2, 0.25) is 0 Å². The summed E-state index contributed by atoms with van der Waals surface area (Å²) in [6.07, 6.45) is 3.57. The first-order valence-electron chi connectivity index (χ1n) is 7.23. The maximum absolute atomic E-state index is 5.59. The van der Waals surface area contributed by atoms with Crippen molar-refractivity contribution >= 4 is 0 Å². The topological polar surface area (TPSA) is 41.3 Å². The van der Waals surface area contributed by atoms with Crippen LogP contribution in [0.4, 0.5) is 0 Å². The number of nitrogens with zero attached hydrogens (tertiary/aromatic N) is 2. The smallest absolute Gasteiger partial charge is 0.122 e. The standard InChI is InChI=1S/C16H23N3O/c1-3-19(4-2)15(16-9-7-11-20-16)13-17-12-14-8-5-6-10-18-14/h5-11,15,17H,3-4,12-13H2,1-2H3. The molecule has 0 radical (unpaired) electrons. The quantitative estimate of drug-likeness (QED) is 0.803. The van der Waals surface area contributed by atoms with Gasteiger partial charge in [0, 0.05) is 19.3 Å². The van der Waals surface area contributed by atoms with Gasteiger partial charge in [-0.25, -0.2) is 0 Å². The van der Waals surface area contributed by atoms with Gasteiger partial charge >= 0.3 is 0 Å². The third kappa shape index (κ3) is 3.92. The number of aromatic nitrogens is 1. The molecule has 0 saturated heterocycles. The molecule has 0 aliphatic heterocycles. The van der Waals surface area contributed by atoms with Crippen LogP contribution in [0.5, 0.6) is 0 Å². The second kappa shape index (κ2) is 7.82. The summed E-state index contributed by atoms with van der Waals surface area (Å²) in [4.78, 5) is 6.72. The van der Waals surface area contributed by atoms with Crippen molar-refractivity contribution in [1.82, 2.24) is 15.2 Å². The Hall–Kier alpha value is -1.65. The molecule has 108 valence electrons. The van der Waals surface area contributed by atoms with Gasteiger partial charge in [0.1, 0.15) is 5.76 Å². The van der Waals surface area contributed by atoms with Crippen molar-refractivity contribution in [2.24, 2.45) is 0 Å². The normalized spacial score (nSPS) is 12.8. The van der Waals surface area contributed by atoms with E-state index in [1.54, 1.807) is 6.26 Å². The van der Waals surface area contributed by atoms with E-state index in [0.717, 1.165) is 37.6 Å². The van der Waals surface area contributed by atoms with E-state index in [1.165, 1.54) is 0 Å². The van der Waals surface area contributed by atoms with Crippen molar-refractivity contribution in [3.8, 4) is 0 Å². The molecule has 0 aromatic carbocycles. The van der Waals surface area contributed by atoms with E-state index in [2.05, 4.69) is 29.0 Å². The lowest BCUT2D eigenvalue weighted by molar-refractivity contribution is 0.188. The SMILES string of the molecule is CCN(CC)C(CNCc1ccccn1)c1ccco1. The molecule has 4 nitrogen and oxygen atoms in total. The Morgan fingerprint density at radius 3 is 2.65 bits per heavy atom. The van der Waals surface area contributed by atoms with Crippen LogP contribution >= 0.6 is 0 Å². The molecular formula is C16H23N3O. The van der Waals surface area contributed by atoms with Gasteiger partial charge in [0.2, 0.25) is 0 Å². The van der Waals surface area contributed by atoms with Crippen molar-refractivity contribution in [3.63, 3.8) is 0 Å². The van der Waals surface area contributed by atoms with E-state index >= 15 is 0 Å². The van der Waals surface area contributed by atoms with Gasteiger partial charge < -0.3 is 9.73 Å². The van der Waals surface area contributed by atoms with Crippen molar-refractivity contribution < 1.29 is 4.42 Å². The number of hydrogen-bond donors (Lipinski definition) is 1. The fourth-order valence-corrected chi connectivity index (χ4v) is 2.39. The highest BCUT2D eigenvalue weighted by Gasteiger charge is 2.19. The summed E-state index contributed by atoms with van der Waals surface area (Å²) >= 11 is 0. The highest BCUT2D eigenvalue weighted by molar-refractivity contribution is 5.06. The molecule has 2 aromatic rings. The molecule has 0 aliphatic carbocycles. The Morgan fingerprint density at radius 2 is 2.05 bits per heavy atom.